The van der Waals surface area contributed by atoms with Crippen LogP contribution in [0, 0.1) is 5.82 Å². The molecule has 138 valence electrons. The minimum atomic E-state index is -4.16. The molecule has 1 atom stereocenters. The summed E-state index contributed by atoms with van der Waals surface area (Å²) in [6.07, 6.45) is 1.37. The lowest BCUT2D eigenvalue weighted by Gasteiger charge is -2.11. The Hall–Kier alpha value is -2.45. The number of nitrogens with one attached hydrogen (secondary N) is 2. The van der Waals surface area contributed by atoms with Gasteiger partial charge in [-0.1, -0.05) is 24.3 Å². The summed E-state index contributed by atoms with van der Waals surface area (Å²) in [6, 6.07) is 11.6. The Kier molecular flexibility index (Phi) is 5.53. The van der Waals surface area contributed by atoms with Gasteiger partial charge in [0.1, 0.15) is 16.8 Å². The summed E-state index contributed by atoms with van der Waals surface area (Å²) < 4.78 is 42.7. The van der Waals surface area contributed by atoms with E-state index in [1.165, 1.54) is 18.2 Å². The first-order valence-electron chi connectivity index (χ1n) is 8.25. The molecular formula is C18H19FN2O4S. The van der Waals surface area contributed by atoms with Crippen LogP contribution in [0.2, 0.25) is 0 Å². The van der Waals surface area contributed by atoms with Crippen LogP contribution >= 0.6 is 0 Å². The van der Waals surface area contributed by atoms with Crippen molar-refractivity contribution in [1.82, 2.24) is 5.32 Å². The molecule has 2 aromatic carbocycles. The third-order valence-corrected chi connectivity index (χ3v) is 5.34. The Bertz CT molecular complexity index is 878. The van der Waals surface area contributed by atoms with Crippen molar-refractivity contribution in [2.75, 3.05) is 11.9 Å². The summed E-state index contributed by atoms with van der Waals surface area (Å²) in [7, 11) is -4.16. The molecule has 0 spiro atoms. The van der Waals surface area contributed by atoms with Gasteiger partial charge in [0.05, 0.1) is 5.69 Å². The van der Waals surface area contributed by atoms with E-state index in [9.17, 15) is 17.6 Å². The number of halogens is 1. The first-order valence-corrected chi connectivity index (χ1v) is 9.65. The van der Waals surface area contributed by atoms with E-state index in [2.05, 4.69) is 10.6 Å². The van der Waals surface area contributed by atoms with Crippen LogP contribution in [0.5, 0.6) is 0 Å². The van der Waals surface area contributed by atoms with E-state index in [-0.39, 0.29) is 10.7 Å². The topological polar surface area (TPSA) is 84.5 Å². The van der Waals surface area contributed by atoms with Crippen molar-refractivity contribution in [2.24, 2.45) is 0 Å². The Morgan fingerprint density at radius 3 is 2.58 bits per heavy atom. The molecule has 0 bridgehead atoms. The van der Waals surface area contributed by atoms with Crippen molar-refractivity contribution in [3.63, 3.8) is 0 Å². The zero-order chi connectivity index (χ0) is 18.6. The molecular weight excluding hydrogens is 359 g/mol. The maximum absolute atomic E-state index is 13.6. The minimum absolute atomic E-state index is 0.0986. The van der Waals surface area contributed by atoms with Gasteiger partial charge in [-0.25, -0.2) is 9.18 Å². The highest BCUT2D eigenvalue weighted by molar-refractivity contribution is 7.87. The van der Waals surface area contributed by atoms with Gasteiger partial charge in [0, 0.05) is 6.54 Å². The first-order chi connectivity index (χ1) is 12.5. The van der Waals surface area contributed by atoms with E-state index in [0.29, 0.717) is 25.2 Å². The summed E-state index contributed by atoms with van der Waals surface area (Å²) in [5, 5.41) is 5.84. The molecule has 8 heteroatoms. The summed E-state index contributed by atoms with van der Waals surface area (Å²) >= 11 is 0. The highest BCUT2D eigenvalue weighted by Crippen LogP contribution is 2.18. The average molecular weight is 378 g/mol. The molecule has 0 saturated carbocycles. The number of anilines is 1. The molecule has 0 amide bonds. The van der Waals surface area contributed by atoms with Crippen LogP contribution in [0.4, 0.5) is 10.1 Å². The molecule has 6 nitrogen and oxygen atoms in total. The summed E-state index contributed by atoms with van der Waals surface area (Å²) in [5.41, 5.74) is 1.12. The number of rotatable bonds is 6. The van der Waals surface area contributed by atoms with E-state index in [0.717, 1.165) is 12.0 Å². The maximum Gasteiger partial charge on any atom is 0.341 e. The molecule has 0 radical (unpaired) electrons. The number of carbonyl (C=O) groups excluding carboxylic acids is 1. The molecule has 26 heavy (non-hydrogen) atoms. The van der Waals surface area contributed by atoms with E-state index in [1.54, 1.807) is 30.3 Å². The molecule has 1 saturated heterocycles. The quantitative estimate of drug-likeness (QED) is 0.751. The molecule has 2 aromatic rings. The predicted octanol–water partition coefficient (Wildman–Crippen LogP) is 2.42. The van der Waals surface area contributed by atoms with Gasteiger partial charge in [-0.15, -0.1) is 0 Å². The summed E-state index contributed by atoms with van der Waals surface area (Å²) in [4.78, 5) is 11.8. The minimum Gasteiger partial charge on any atom is -0.379 e. The Morgan fingerprint density at radius 2 is 1.92 bits per heavy atom. The van der Waals surface area contributed by atoms with Crippen molar-refractivity contribution < 1.29 is 21.8 Å². The Balaban J connectivity index is 1.62. The number of hydrogen-bond donors (Lipinski definition) is 2. The second kappa shape index (κ2) is 7.84. The van der Waals surface area contributed by atoms with E-state index in [4.69, 9.17) is 4.18 Å². The van der Waals surface area contributed by atoms with Crippen molar-refractivity contribution in [1.29, 1.82) is 0 Å². The number of hydrogen-bond acceptors (Lipinski definition) is 6. The van der Waals surface area contributed by atoms with E-state index in [1.807, 2.05) is 0 Å². The molecule has 1 aliphatic heterocycles. The molecule has 0 aromatic heterocycles. The average Bonchev–Trinajstić information content (AvgIpc) is 3.16. The van der Waals surface area contributed by atoms with Gasteiger partial charge in [-0.2, -0.15) is 8.42 Å². The number of carbonyl (C=O) groups is 1. The van der Waals surface area contributed by atoms with Crippen LogP contribution in [0.15, 0.2) is 53.4 Å². The van der Waals surface area contributed by atoms with Gasteiger partial charge >= 0.3 is 16.1 Å². The van der Waals surface area contributed by atoms with Crippen molar-refractivity contribution in [3.8, 4) is 0 Å². The standard InChI is InChI=1S/C18H19FN2O4S/c19-15-4-1-2-5-16(15)21-12-13-7-9-14(10-8-13)26(23,24)25-18(22)17-6-3-11-20-17/h1-2,4-5,7-10,17,20-21H,3,6,11-12H2. The Labute approximate surface area is 151 Å². The van der Waals surface area contributed by atoms with Crippen LogP contribution in [-0.2, 0) is 25.6 Å². The maximum atomic E-state index is 13.6. The highest BCUT2D eigenvalue weighted by atomic mass is 32.2. The lowest BCUT2D eigenvalue weighted by atomic mass is 10.2. The normalized spacial score (nSPS) is 17.0. The summed E-state index contributed by atoms with van der Waals surface area (Å²) in [5.74, 6) is -1.15. The molecule has 1 heterocycles. The number of para-hydroxylation sites is 1. The zero-order valence-electron chi connectivity index (χ0n) is 13.9. The second-order valence-electron chi connectivity index (χ2n) is 5.98. The molecule has 1 aliphatic rings. The summed E-state index contributed by atoms with van der Waals surface area (Å²) in [6.45, 7) is 0.997. The lowest BCUT2D eigenvalue weighted by Crippen LogP contribution is -2.33. The van der Waals surface area contributed by atoms with Crippen LogP contribution in [0.25, 0.3) is 0 Å². The van der Waals surface area contributed by atoms with Gasteiger partial charge in [-0.05, 0) is 49.2 Å². The van der Waals surface area contributed by atoms with Crippen LogP contribution in [0.3, 0.4) is 0 Å². The van der Waals surface area contributed by atoms with E-state index >= 15 is 0 Å². The van der Waals surface area contributed by atoms with Crippen molar-refractivity contribution in [2.45, 2.75) is 30.3 Å². The molecule has 1 unspecified atom stereocenters. The van der Waals surface area contributed by atoms with Gasteiger partial charge in [0.2, 0.25) is 0 Å². The predicted molar refractivity (Wildman–Crippen MR) is 94.5 cm³/mol. The van der Waals surface area contributed by atoms with Gasteiger partial charge < -0.3 is 14.8 Å². The fraction of sp³-hybridized carbons (Fsp3) is 0.278. The fourth-order valence-corrected chi connectivity index (χ4v) is 3.57. The fourth-order valence-electron chi connectivity index (χ4n) is 2.68. The van der Waals surface area contributed by atoms with Gasteiger partial charge in [0.15, 0.2) is 0 Å². The van der Waals surface area contributed by atoms with E-state index < -0.39 is 22.1 Å². The van der Waals surface area contributed by atoms with Gasteiger partial charge in [-0.3, -0.25) is 0 Å². The lowest BCUT2D eigenvalue weighted by molar-refractivity contribution is -0.135. The van der Waals surface area contributed by atoms with Crippen molar-refractivity contribution in [3.05, 3.63) is 59.9 Å². The first kappa shape index (κ1) is 18.3. The van der Waals surface area contributed by atoms with Crippen LogP contribution < -0.4 is 10.6 Å². The second-order valence-corrected chi connectivity index (χ2v) is 7.53. The smallest absolute Gasteiger partial charge is 0.341 e. The molecule has 1 fully saturated rings. The van der Waals surface area contributed by atoms with Crippen LogP contribution in [0.1, 0.15) is 18.4 Å². The molecule has 3 rings (SSSR count). The largest absolute Gasteiger partial charge is 0.379 e. The SMILES string of the molecule is O=C(OS(=O)(=O)c1ccc(CNc2ccccc2F)cc1)C1CCCN1. The third-order valence-electron chi connectivity index (χ3n) is 4.11. The van der Waals surface area contributed by atoms with Gasteiger partial charge in [0.25, 0.3) is 0 Å². The Morgan fingerprint density at radius 1 is 1.19 bits per heavy atom. The third kappa shape index (κ3) is 4.39. The molecule has 2 N–H and O–H groups in total. The zero-order valence-corrected chi connectivity index (χ0v) is 14.8. The monoisotopic (exact) mass is 378 g/mol. The molecule has 0 aliphatic carbocycles. The van der Waals surface area contributed by atoms with Crippen LogP contribution in [-0.4, -0.2) is 27.0 Å². The number of benzene rings is 2. The van der Waals surface area contributed by atoms with Crippen molar-refractivity contribution >= 4 is 21.8 Å². The highest BCUT2D eigenvalue weighted by Gasteiger charge is 2.28.